The lowest BCUT2D eigenvalue weighted by Crippen LogP contribution is -2.33. The maximum Gasteiger partial charge on any atom is 0.000697 e. The van der Waals surface area contributed by atoms with Crippen LogP contribution < -0.4 is 0 Å². The molecular formula is C18H37N3. The molecule has 124 valence electrons. The van der Waals surface area contributed by atoms with E-state index in [1.54, 1.807) is 0 Å². The zero-order chi connectivity index (χ0) is 15.1. The summed E-state index contributed by atoms with van der Waals surface area (Å²) in [6.45, 7) is 11.4. The van der Waals surface area contributed by atoms with Crippen LogP contribution in [0.2, 0.25) is 0 Å². The summed E-state index contributed by atoms with van der Waals surface area (Å²) in [4.78, 5) is 7.72. The SMILES string of the molecule is CCN(C)CC1CCCN(CCC2CCN(C)CC2)CC1. The van der Waals surface area contributed by atoms with Crippen molar-refractivity contribution in [3.05, 3.63) is 0 Å². The largest absolute Gasteiger partial charge is 0.306 e. The van der Waals surface area contributed by atoms with Crippen LogP contribution in [0.1, 0.15) is 45.4 Å². The van der Waals surface area contributed by atoms with Crippen molar-refractivity contribution in [2.75, 3.05) is 59.9 Å². The molecule has 0 aromatic heterocycles. The van der Waals surface area contributed by atoms with E-state index < -0.39 is 0 Å². The van der Waals surface area contributed by atoms with Crippen molar-refractivity contribution in [2.24, 2.45) is 11.8 Å². The molecule has 3 heteroatoms. The second kappa shape index (κ2) is 9.12. The minimum Gasteiger partial charge on any atom is -0.306 e. The van der Waals surface area contributed by atoms with Crippen molar-refractivity contribution in [3.8, 4) is 0 Å². The second-order valence-electron chi connectivity index (χ2n) is 7.53. The normalized spacial score (nSPS) is 27.1. The number of likely N-dealkylation sites (tertiary alicyclic amines) is 2. The Kier molecular flexibility index (Phi) is 7.48. The zero-order valence-corrected chi connectivity index (χ0v) is 14.7. The van der Waals surface area contributed by atoms with Gasteiger partial charge in [0.25, 0.3) is 0 Å². The molecule has 0 N–H and O–H groups in total. The average Bonchev–Trinajstić information content (AvgIpc) is 2.72. The van der Waals surface area contributed by atoms with E-state index >= 15 is 0 Å². The van der Waals surface area contributed by atoms with Gasteiger partial charge in [0.15, 0.2) is 0 Å². The lowest BCUT2D eigenvalue weighted by Gasteiger charge is -2.30. The highest BCUT2D eigenvalue weighted by Crippen LogP contribution is 2.22. The van der Waals surface area contributed by atoms with Crippen LogP contribution in [0.3, 0.4) is 0 Å². The summed E-state index contributed by atoms with van der Waals surface area (Å²) >= 11 is 0. The van der Waals surface area contributed by atoms with E-state index in [2.05, 4.69) is 35.7 Å². The van der Waals surface area contributed by atoms with Gasteiger partial charge in [-0.15, -0.1) is 0 Å². The molecule has 2 heterocycles. The molecule has 0 radical (unpaired) electrons. The summed E-state index contributed by atoms with van der Waals surface area (Å²) in [7, 11) is 4.53. The van der Waals surface area contributed by atoms with E-state index in [-0.39, 0.29) is 0 Å². The third-order valence-corrected chi connectivity index (χ3v) is 5.74. The van der Waals surface area contributed by atoms with Gasteiger partial charge in [-0.05, 0) is 104 Å². The summed E-state index contributed by atoms with van der Waals surface area (Å²) in [5.74, 6) is 1.93. The molecule has 2 aliphatic rings. The third kappa shape index (κ3) is 6.25. The number of hydrogen-bond donors (Lipinski definition) is 0. The third-order valence-electron chi connectivity index (χ3n) is 5.74. The van der Waals surface area contributed by atoms with Crippen molar-refractivity contribution in [1.29, 1.82) is 0 Å². The topological polar surface area (TPSA) is 9.72 Å². The van der Waals surface area contributed by atoms with Crippen molar-refractivity contribution >= 4 is 0 Å². The molecule has 0 saturated carbocycles. The molecule has 0 aromatic carbocycles. The Morgan fingerprint density at radius 2 is 1.67 bits per heavy atom. The Bertz CT molecular complexity index is 274. The molecule has 0 bridgehead atoms. The lowest BCUT2D eigenvalue weighted by molar-refractivity contribution is 0.186. The highest BCUT2D eigenvalue weighted by Gasteiger charge is 2.20. The minimum absolute atomic E-state index is 0.934. The smallest absolute Gasteiger partial charge is 0.000697 e. The predicted octanol–water partition coefficient (Wildman–Crippen LogP) is 2.77. The van der Waals surface area contributed by atoms with E-state index in [4.69, 9.17) is 0 Å². The Morgan fingerprint density at radius 3 is 2.38 bits per heavy atom. The Hall–Kier alpha value is -0.120. The van der Waals surface area contributed by atoms with E-state index in [0.717, 1.165) is 11.8 Å². The first-order valence-electron chi connectivity index (χ1n) is 9.26. The van der Waals surface area contributed by atoms with Gasteiger partial charge in [-0.25, -0.2) is 0 Å². The minimum atomic E-state index is 0.934. The second-order valence-corrected chi connectivity index (χ2v) is 7.53. The molecule has 21 heavy (non-hydrogen) atoms. The van der Waals surface area contributed by atoms with E-state index in [1.807, 2.05) is 0 Å². The van der Waals surface area contributed by atoms with Crippen LogP contribution in [-0.2, 0) is 0 Å². The van der Waals surface area contributed by atoms with Crippen molar-refractivity contribution in [3.63, 3.8) is 0 Å². The Balaban J connectivity index is 1.64. The molecule has 2 rings (SSSR count). The van der Waals surface area contributed by atoms with Crippen molar-refractivity contribution in [1.82, 2.24) is 14.7 Å². The van der Waals surface area contributed by atoms with Gasteiger partial charge in [-0.2, -0.15) is 0 Å². The fourth-order valence-electron chi connectivity index (χ4n) is 3.92. The molecule has 1 atom stereocenters. The molecule has 2 fully saturated rings. The molecule has 2 aliphatic heterocycles. The fraction of sp³-hybridized carbons (Fsp3) is 1.00. The van der Waals surface area contributed by atoms with Gasteiger partial charge in [0.05, 0.1) is 0 Å². The van der Waals surface area contributed by atoms with Gasteiger partial charge in [-0.3, -0.25) is 0 Å². The number of rotatable bonds is 6. The number of piperidine rings is 1. The fourth-order valence-corrected chi connectivity index (χ4v) is 3.92. The van der Waals surface area contributed by atoms with Crippen LogP contribution in [0.15, 0.2) is 0 Å². The summed E-state index contributed by atoms with van der Waals surface area (Å²) in [6, 6.07) is 0. The monoisotopic (exact) mass is 295 g/mol. The van der Waals surface area contributed by atoms with Gasteiger partial charge >= 0.3 is 0 Å². The summed E-state index contributed by atoms with van der Waals surface area (Å²) < 4.78 is 0. The average molecular weight is 296 g/mol. The van der Waals surface area contributed by atoms with Crippen LogP contribution in [0.25, 0.3) is 0 Å². The molecule has 0 aromatic rings. The molecule has 0 amide bonds. The van der Waals surface area contributed by atoms with Crippen LogP contribution in [0.5, 0.6) is 0 Å². The number of hydrogen-bond acceptors (Lipinski definition) is 3. The predicted molar refractivity (Wildman–Crippen MR) is 91.8 cm³/mol. The molecule has 2 saturated heterocycles. The van der Waals surface area contributed by atoms with Gasteiger partial charge in [0.2, 0.25) is 0 Å². The van der Waals surface area contributed by atoms with Crippen LogP contribution in [0.4, 0.5) is 0 Å². The first-order valence-corrected chi connectivity index (χ1v) is 9.26. The quantitative estimate of drug-likeness (QED) is 0.746. The Morgan fingerprint density at radius 1 is 0.952 bits per heavy atom. The lowest BCUT2D eigenvalue weighted by atomic mass is 9.93. The molecule has 0 spiro atoms. The van der Waals surface area contributed by atoms with Crippen LogP contribution >= 0.6 is 0 Å². The maximum absolute atomic E-state index is 2.75. The van der Waals surface area contributed by atoms with Gasteiger partial charge < -0.3 is 14.7 Å². The molecule has 3 nitrogen and oxygen atoms in total. The van der Waals surface area contributed by atoms with Crippen molar-refractivity contribution in [2.45, 2.75) is 45.4 Å². The van der Waals surface area contributed by atoms with Gasteiger partial charge in [0.1, 0.15) is 0 Å². The van der Waals surface area contributed by atoms with Crippen LogP contribution in [-0.4, -0.2) is 74.6 Å². The molecular weight excluding hydrogens is 258 g/mol. The highest BCUT2D eigenvalue weighted by atomic mass is 15.1. The maximum atomic E-state index is 2.75. The van der Waals surface area contributed by atoms with Gasteiger partial charge in [-0.1, -0.05) is 6.92 Å². The summed E-state index contributed by atoms with van der Waals surface area (Å²) in [5, 5.41) is 0. The van der Waals surface area contributed by atoms with E-state index in [1.165, 1.54) is 84.3 Å². The van der Waals surface area contributed by atoms with Crippen molar-refractivity contribution < 1.29 is 0 Å². The highest BCUT2D eigenvalue weighted by molar-refractivity contribution is 4.75. The summed E-state index contributed by atoms with van der Waals surface area (Å²) in [5.41, 5.74) is 0. The first-order chi connectivity index (χ1) is 10.2. The Labute approximate surface area is 132 Å². The van der Waals surface area contributed by atoms with E-state index in [0.29, 0.717) is 0 Å². The number of nitrogens with zero attached hydrogens (tertiary/aromatic N) is 3. The van der Waals surface area contributed by atoms with E-state index in [9.17, 15) is 0 Å². The standard InChI is InChI=1S/C18H37N3/c1-4-19(2)16-18-6-5-11-21(15-10-18)14-9-17-7-12-20(3)13-8-17/h17-18H,4-16H2,1-3H3. The molecule has 0 aliphatic carbocycles. The summed E-state index contributed by atoms with van der Waals surface area (Å²) in [6.07, 6.45) is 8.55. The van der Waals surface area contributed by atoms with Crippen LogP contribution in [0, 0.1) is 11.8 Å². The molecule has 1 unspecified atom stereocenters. The zero-order valence-electron chi connectivity index (χ0n) is 14.7. The first kappa shape index (κ1) is 17.2. The van der Waals surface area contributed by atoms with Gasteiger partial charge in [0, 0.05) is 6.54 Å².